The van der Waals surface area contributed by atoms with Gasteiger partial charge in [-0.25, -0.2) is 4.79 Å². The molecule has 0 saturated heterocycles. The molecule has 0 fully saturated rings. The Morgan fingerprint density at radius 3 is 2.44 bits per heavy atom. The van der Waals surface area contributed by atoms with Crippen LogP contribution in [0.25, 0.3) is 0 Å². The largest absolute Gasteiger partial charge is 0.573 e. The van der Waals surface area contributed by atoms with E-state index in [-0.39, 0.29) is 6.07 Å². The molecule has 0 unspecified atom stereocenters. The van der Waals surface area contributed by atoms with Gasteiger partial charge in [-0.3, -0.25) is 4.79 Å². The van der Waals surface area contributed by atoms with Crippen LogP contribution in [0.1, 0.15) is 10.4 Å². The first-order valence-electron chi connectivity index (χ1n) is 3.99. The minimum atomic E-state index is -5.18. The SMILES string of the molecule is O=C(Cl)c1cc(OC(F)(F)F)c(=O)[nH]c1[N+](=O)[O-]. The molecule has 98 valence electrons. The van der Waals surface area contributed by atoms with Gasteiger partial charge in [0.1, 0.15) is 5.56 Å². The van der Waals surface area contributed by atoms with Gasteiger partial charge in [0.25, 0.3) is 5.24 Å². The first-order valence-corrected chi connectivity index (χ1v) is 4.37. The number of hydrogen-bond acceptors (Lipinski definition) is 5. The van der Waals surface area contributed by atoms with Gasteiger partial charge in [-0.05, 0) is 16.5 Å². The van der Waals surface area contributed by atoms with Gasteiger partial charge in [0.15, 0.2) is 0 Å². The molecule has 1 aromatic heterocycles. The van der Waals surface area contributed by atoms with E-state index < -0.39 is 39.2 Å². The first kappa shape index (κ1) is 14.0. The lowest BCUT2D eigenvalue weighted by Gasteiger charge is -2.07. The lowest BCUT2D eigenvalue weighted by Crippen LogP contribution is -2.24. The number of alkyl halides is 3. The van der Waals surface area contributed by atoms with Crippen LogP contribution in [-0.4, -0.2) is 21.5 Å². The van der Waals surface area contributed by atoms with E-state index in [9.17, 15) is 32.9 Å². The Hall–Kier alpha value is -2.10. The number of nitrogens with zero attached hydrogens (tertiary/aromatic N) is 1. The average Bonchev–Trinajstić information content (AvgIpc) is 2.17. The number of carbonyl (C=O) groups excluding carboxylic acids is 1. The number of aromatic amines is 1. The number of halogens is 4. The van der Waals surface area contributed by atoms with Crippen molar-refractivity contribution in [3.05, 3.63) is 32.1 Å². The van der Waals surface area contributed by atoms with Gasteiger partial charge in [0, 0.05) is 6.07 Å². The Labute approximate surface area is 100 Å². The number of pyridine rings is 1. The Morgan fingerprint density at radius 1 is 1.50 bits per heavy atom. The Balaban J connectivity index is 3.42. The van der Waals surface area contributed by atoms with Crippen molar-refractivity contribution in [2.24, 2.45) is 0 Å². The van der Waals surface area contributed by atoms with Crippen LogP contribution < -0.4 is 10.3 Å². The summed E-state index contributed by atoms with van der Waals surface area (Å²) in [7, 11) is 0. The summed E-state index contributed by atoms with van der Waals surface area (Å²) in [6, 6.07) is 0.250. The van der Waals surface area contributed by atoms with Crippen molar-refractivity contribution in [3.63, 3.8) is 0 Å². The fraction of sp³-hybridized carbons (Fsp3) is 0.143. The molecule has 0 saturated carbocycles. The summed E-state index contributed by atoms with van der Waals surface area (Å²) in [4.78, 5) is 32.6. The molecule has 18 heavy (non-hydrogen) atoms. The van der Waals surface area contributed by atoms with Crippen LogP contribution in [0.15, 0.2) is 10.9 Å². The van der Waals surface area contributed by atoms with Gasteiger partial charge in [-0.1, -0.05) is 0 Å². The van der Waals surface area contributed by atoms with Gasteiger partial charge in [0.05, 0.1) is 0 Å². The van der Waals surface area contributed by atoms with Crippen LogP contribution in [0.2, 0.25) is 0 Å². The van der Waals surface area contributed by atoms with Crippen molar-refractivity contribution < 1.29 is 27.6 Å². The highest BCUT2D eigenvalue weighted by Gasteiger charge is 2.34. The summed E-state index contributed by atoms with van der Waals surface area (Å²) in [6.45, 7) is 0. The molecule has 7 nitrogen and oxygen atoms in total. The molecule has 0 amide bonds. The van der Waals surface area contributed by atoms with E-state index >= 15 is 0 Å². The van der Waals surface area contributed by atoms with Crippen LogP contribution in [-0.2, 0) is 0 Å². The molecule has 1 N–H and O–H groups in total. The molecule has 11 heteroatoms. The number of carbonyl (C=O) groups is 1. The van der Waals surface area contributed by atoms with Gasteiger partial charge in [0.2, 0.25) is 5.75 Å². The smallest absolute Gasteiger partial charge is 0.397 e. The molecular weight excluding hydrogens is 285 g/mol. The first-order chi connectivity index (χ1) is 8.11. The van der Waals surface area contributed by atoms with Crippen LogP contribution in [0.5, 0.6) is 5.75 Å². The highest BCUT2D eigenvalue weighted by Crippen LogP contribution is 2.24. The fourth-order valence-corrected chi connectivity index (χ4v) is 1.14. The predicted octanol–water partition coefficient (Wildman–Crippen LogP) is 1.56. The zero-order valence-corrected chi connectivity index (χ0v) is 8.83. The second-order valence-electron chi connectivity index (χ2n) is 2.80. The van der Waals surface area contributed by atoms with Crippen molar-refractivity contribution in [1.29, 1.82) is 0 Å². The summed E-state index contributed by atoms with van der Waals surface area (Å²) >= 11 is 4.95. The monoisotopic (exact) mass is 286 g/mol. The number of aromatic nitrogens is 1. The standard InChI is InChI=1S/C7H2ClF3N2O5/c8-4(14)2-1-3(18-7(9,10)11)6(15)12-5(2)13(16)17/h1H,(H,12,15). The molecule has 1 rings (SSSR count). The molecular formula is C7H2ClF3N2O5. The quantitative estimate of drug-likeness (QED) is 0.516. The average molecular weight is 287 g/mol. The molecule has 1 heterocycles. The summed E-state index contributed by atoms with van der Waals surface area (Å²) in [5.41, 5.74) is -2.43. The maximum atomic E-state index is 11.9. The molecule has 0 bridgehead atoms. The molecule has 0 aliphatic carbocycles. The number of hydrogen-bond donors (Lipinski definition) is 1. The van der Waals surface area contributed by atoms with E-state index in [1.807, 2.05) is 0 Å². The molecule has 0 radical (unpaired) electrons. The van der Waals surface area contributed by atoms with E-state index in [1.54, 1.807) is 0 Å². The number of rotatable bonds is 3. The summed E-state index contributed by atoms with van der Waals surface area (Å²) in [5, 5.41) is 9.02. The van der Waals surface area contributed by atoms with Gasteiger partial charge >= 0.3 is 17.7 Å². The lowest BCUT2D eigenvalue weighted by molar-refractivity contribution is -0.390. The summed E-state index contributed by atoms with van der Waals surface area (Å²) in [6.07, 6.45) is -5.18. The number of nitrogens with one attached hydrogen (secondary N) is 1. The minimum absolute atomic E-state index is 0.250. The zero-order chi connectivity index (χ0) is 14.1. The van der Waals surface area contributed by atoms with Crippen molar-refractivity contribution in [1.82, 2.24) is 4.98 Å². The maximum Gasteiger partial charge on any atom is 0.573 e. The van der Waals surface area contributed by atoms with E-state index in [0.29, 0.717) is 0 Å². The van der Waals surface area contributed by atoms with Gasteiger partial charge < -0.3 is 14.9 Å². The van der Waals surface area contributed by atoms with E-state index in [1.165, 1.54) is 4.98 Å². The maximum absolute atomic E-state index is 11.9. The van der Waals surface area contributed by atoms with Crippen molar-refractivity contribution >= 4 is 22.7 Å². The summed E-state index contributed by atoms with van der Waals surface area (Å²) in [5.74, 6) is -2.44. The van der Waals surface area contributed by atoms with E-state index in [0.717, 1.165) is 0 Å². The van der Waals surface area contributed by atoms with Crippen LogP contribution in [0.4, 0.5) is 19.0 Å². The summed E-state index contributed by atoms with van der Waals surface area (Å²) < 4.78 is 38.9. The fourth-order valence-electron chi connectivity index (χ4n) is 0.996. The Morgan fingerprint density at radius 2 is 2.06 bits per heavy atom. The normalized spacial score (nSPS) is 11.1. The Kier molecular flexibility index (Phi) is 3.60. The minimum Gasteiger partial charge on any atom is -0.397 e. The lowest BCUT2D eigenvalue weighted by atomic mass is 10.2. The van der Waals surface area contributed by atoms with Crippen LogP contribution in [0.3, 0.4) is 0 Å². The van der Waals surface area contributed by atoms with Crippen LogP contribution in [0, 0.1) is 10.1 Å². The molecule has 0 aliphatic rings. The highest BCUT2D eigenvalue weighted by atomic mass is 35.5. The third kappa shape index (κ3) is 3.20. The van der Waals surface area contributed by atoms with E-state index in [4.69, 9.17) is 11.6 Å². The third-order valence-electron chi connectivity index (χ3n) is 1.61. The zero-order valence-electron chi connectivity index (χ0n) is 8.08. The number of nitro groups is 1. The molecule has 0 spiro atoms. The number of H-pyrrole nitrogens is 1. The predicted molar refractivity (Wildman–Crippen MR) is 50.6 cm³/mol. The van der Waals surface area contributed by atoms with Crippen molar-refractivity contribution in [2.45, 2.75) is 6.36 Å². The second-order valence-corrected chi connectivity index (χ2v) is 3.15. The molecule has 0 aliphatic heterocycles. The second kappa shape index (κ2) is 4.64. The van der Waals surface area contributed by atoms with Gasteiger partial charge in [-0.2, -0.15) is 4.98 Å². The van der Waals surface area contributed by atoms with Crippen molar-refractivity contribution in [3.8, 4) is 5.75 Å². The molecule has 0 aromatic carbocycles. The topological polar surface area (TPSA) is 102 Å². The third-order valence-corrected chi connectivity index (χ3v) is 1.81. The number of ether oxygens (including phenoxy) is 1. The van der Waals surface area contributed by atoms with E-state index in [2.05, 4.69) is 4.74 Å². The Bertz CT molecular complexity index is 567. The van der Waals surface area contributed by atoms with Gasteiger partial charge in [-0.15, -0.1) is 13.2 Å². The molecule has 0 atom stereocenters. The highest BCUT2D eigenvalue weighted by molar-refractivity contribution is 6.68. The molecule has 1 aromatic rings. The van der Waals surface area contributed by atoms with Crippen LogP contribution >= 0.6 is 11.6 Å². The van der Waals surface area contributed by atoms with Crippen molar-refractivity contribution in [2.75, 3.05) is 0 Å².